The van der Waals surface area contributed by atoms with Gasteiger partial charge in [0, 0.05) is 4.47 Å². The van der Waals surface area contributed by atoms with E-state index in [4.69, 9.17) is 16.7 Å². The molecule has 19 heavy (non-hydrogen) atoms. The predicted molar refractivity (Wildman–Crippen MR) is 73.6 cm³/mol. The van der Waals surface area contributed by atoms with E-state index in [9.17, 15) is 9.18 Å². The molecule has 0 radical (unpaired) electrons. The van der Waals surface area contributed by atoms with Gasteiger partial charge in [-0.3, -0.25) is 0 Å². The van der Waals surface area contributed by atoms with Crippen molar-refractivity contribution in [2.24, 2.45) is 0 Å². The van der Waals surface area contributed by atoms with Crippen LogP contribution in [0.2, 0.25) is 5.02 Å². The lowest BCUT2D eigenvalue weighted by Crippen LogP contribution is -2.04. The van der Waals surface area contributed by atoms with Gasteiger partial charge < -0.3 is 10.4 Å². The predicted octanol–water partition coefficient (Wildman–Crippen LogP) is 4.08. The maximum atomic E-state index is 12.9. The zero-order valence-electron chi connectivity index (χ0n) is 9.32. The van der Waals surface area contributed by atoms with Crippen LogP contribution >= 0.6 is 27.5 Å². The quantitative estimate of drug-likeness (QED) is 0.880. The van der Waals surface area contributed by atoms with Crippen molar-refractivity contribution in [1.82, 2.24) is 4.98 Å². The summed E-state index contributed by atoms with van der Waals surface area (Å²) in [6.07, 6.45) is 0. The lowest BCUT2D eigenvalue weighted by Gasteiger charge is -2.09. The Morgan fingerprint density at radius 1 is 1.37 bits per heavy atom. The first-order chi connectivity index (χ1) is 8.97. The number of hydrogen-bond donors (Lipinski definition) is 2. The first-order valence-electron chi connectivity index (χ1n) is 5.09. The van der Waals surface area contributed by atoms with Gasteiger partial charge in [-0.05, 0) is 46.3 Å². The third kappa shape index (κ3) is 3.21. The van der Waals surface area contributed by atoms with Crippen molar-refractivity contribution >= 4 is 45.0 Å². The lowest BCUT2D eigenvalue weighted by molar-refractivity contribution is 0.0691. The third-order valence-corrected chi connectivity index (χ3v) is 3.20. The Bertz CT molecular complexity index is 652. The van der Waals surface area contributed by atoms with Crippen molar-refractivity contribution in [1.29, 1.82) is 0 Å². The van der Waals surface area contributed by atoms with Crippen LogP contribution in [0, 0.1) is 5.82 Å². The molecule has 2 aromatic rings. The minimum atomic E-state index is -1.22. The van der Waals surface area contributed by atoms with Gasteiger partial charge in [-0.15, -0.1) is 0 Å². The number of anilines is 2. The summed E-state index contributed by atoms with van der Waals surface area (Å²) in [4.78, 5) is 14.8. The van der Waals surface area contributed by atoms with E-state index >= 15 is 0 Å². The first-order valence-corrected chi connectivity index (χ1v) is 6.26. The number of carbonyl (C=O) groups is 1. The average molecular weight is 346 g/mol. The average Bonchev–Trinajstić information content (AvgIpc) is 2.34. The zero-order valence-corrected chi connectivity index (χ0v) is 11.7. The monoisotopic (exact) mass is 344 g/mol. The van der Waals surface area contributed by atoms with Crippen molar-refractivity contribution in [3.05, 3.63) is 51.3 Å². The molecule has 1 aromatic carbocycles. The summed E-state index contributed by atoms with van der Waals surface area (Å²) >= 11 is 8.91. The maximum Gasteiger partial charge on any atom is 0.356 e. The van der Waals surface area contributed by atoms with Crippen LogP contribution in [0.25, 0.3) is 0 Å². The van der Waals surface area contributed by atoms with Gasteiger partial charge >= 0.3 is 5.97 Å². The van der Waals surface area contributed by atoms with Crippen LogP contribution < -0.4 is 5.32 Å². The van der Waals surface area contributed by atoms with Gasteiger partial charge in [0.1, 0.15) is 11.6 Å². The molecule has 2 rings (SSSR count). The summed E-state index contributed by atoms with van der Waals surface area (Å²) < 4.78 is 13.4. The Hall–Kier alpha value is -1.66. The maximum absolute atomic E-state index is 12.9. The van der Waals surface area contributed by atoms with Crippen molar-refractivity contribution in [3.8, 4) is 0 Å². The molecule has 1 aromatic heterocycles. The molecule has 2 N–H and O–H groups in total. The summed E-state index contributed by atoms with van der Waals surface area (Å²) in [5.74, 6) is -1.30. The lowest BCUT2D eigenvalue weighted by atomic mass is 10.3. The van der Waals surface area contributed by atoms with E-state index in [1.807, 2.05) is 0 Å². The van der Waals surface area contributed by atoms with Crippen LogP contribution in [-0.2, 0) is 0 Å². The van der Waals surface area contributed by atoms with E-state index < -0.39 is 5.97 Å². The van der Waals surface area contributed by atoms with Crippen LogP contribution in [0.15, 0.2) is 34.8 Å². The molecule has 0 spiro atoms. The van der Waals surface area contributed by atoms with Crippen LogP contribution in [0.3, 0.4) is 0 Å². The van der Waals surface area contributed by atoms with Crippen molar-refractivity contribution < 1.29 is 14.3 Å². The molecule has 0 saturated heterocycles. The zero-order chi connectivity index (χ0) is 14.0. The second-order valence-corrected chi connectivity index (χ2v) is 4.84. The highest BCUT2D eigenvalue weighted by Crippen LogP contribution is 2.26. The highest BCUT2D eigenvalue weighted by molar-refractivity contribution is 9.10. The van der Waals surface area contributed by atoms with Gasteiger partial charge in [0.2, 0.25) is 0 Å². The van der Waals surface area contributed by atoms with Crippen molar-refractivity contribution in [2.45, 2.75) is 0 Å². The summed E-state index contributed by atoms with van der Waals surface area (Å²) in [5.41, 5.74) is 0.317. The first kappa shape index (κ1) is 13.8. The van der Waals surface area contributed by atoms with Crippen LogP contribution in [0.4, 0.5) is 15.9 Å². The molecule has 0 bridgehead atoms. The second-order valence-electron chi connectivity index (χ2n) is 3.58. The van der Waals surface area contributed by atoms with Crippen molar-refractivity contribution in [3.63, 3.8) is 0 Å². The summed E-state index contributed by atoms with van der Waals surface area (Å²) in [6, 6.07) is 7.04. The van der Waals surface area contributed by atoms with Gasteiger partial charge in [0.15, 0.2) is 5.69 Å². The number of halogens is 3. The Kier molecular flexibility index (Phi) is 4.01. The molecule has 98 valence electrons. The molecule has 0 aliphatic heterocycles. The number of carboxylic acids is 1. The number of aromatic carboxylic acids is 1. The van der Waals surface area contributed by atoms with E-state index in [-0.39, 0.29) is 16.5 Å². The largest absolute Gasteiger partial charge is 0.476 e. The summed E-state index contributed by atoms with van der Waals surface area (Å²) in [7, 11) is 0. The molecule has 7 heteroatoms. The van der Waals surface area contributed by atoms with Crippen molar-refractivity contribution in [2.75, 3.05) is 5.32 Å². The number of hydrogen-bond acceptors (Lipinski definition) is 3. The Morgan fingerprint density at radius 3 is 2.74 bits per heavy atom. The van der Waals surface area contributed by atoms with E-state index in [2.05, 4.69) is 26.2 Å². The van der Waals surface area contributed by atoms with Crippen LogP contribution in [-0.4, -0.2) is 16.1 Å². The van der Waals surface area contributed by atoms with Gasteiger partial charge in [-0.25, -0.2) is 14.2 Å². The van der Waals surface area contributed by atoms with E-state index in [0.717, 1.165) is 0 Å². The van der Waals surface area contributed by atoms with Crippen LogP contribution in [0.5, 0.6) is 0 Å². The summed E-state index contributed by atoms with van der Waals surface area (Å²) in [6.45, 7) is 0. The minimum Gasteiger partial charge on any atom is -0.476 e. The number of aromatic nitrogens is 1. The molecule has 0 unspecified atom stereocenters. The standard InChI is InChI=1S/C12H7BrClFN2O2/c13-7-5-6(15)1-3-9(7)16-10-4-2-8(14)11(17-10)12(18)19/h1-5H,(H,16,17)(H,18,19). The third-order valence-electron chi connectivity index (χ3n) is 2.24. The molecule has 0 aliphatic rings. The molecular formula is C12H7BrClFN2O2. The highest BCUT2D eigenvalue weighted by atomic mass is 79.9. The second kappa shape index (κ2) is 5.54. The number of nitrogens with one attached hydrogen (secondary N) is 1. The fourth-order valence-corrected chi connectivity index (χ4v) is 2.03. The SMILES string of the molecule is O=C(O)c1nc(Nc2ccc(F)cc2Br)ccc1Cl. The normalized spacial score (nSPS) is 10.3. The molecule has 4 nitrogen and oxygen atoms in total. The fraction of sp³-hybridized carbons (Fsp3) is 0. The van der Waals surface area contributed by atoms with Gasteiger partial charge in [0.25, 0.3) is 0 Å². The highest BCUT2D eigenvalue weighted by Gasteiger charge is 2.12. The number of carboxylic acid groups (broad SMARTS) is 1. The molecule has 0 amide bonds. The van der Waals surface area contributed by atoms with E-state index in [1.54, 1.807) is 0 Å². The number of rotatable bonds is 3. The molecule has 0 atom stereocenters. The molecule has 1 heterocycles. The smallest absolute Gasteiger partial charge is 0.356 e. The molecule has 0 fully saturated rings. The van der Waals surface area contributed by atoms with E-state index in [1.165, 1.54) is 30.3 Å². The summed E-state index contributed by atoms with van der Waals surface area (Å²) in [5, 5.41) is 11.8. The number of benzene rings is 1. The fourth-order valence-electron chi connectivity index (χ4n) is 1.39. The van der Waals surface area contributed by atoms with E-state index in [0.29, 0.717) is 16.0 Å². The molecular weight excluding hydrogens is 338 g/mol. The number of pyridine rings is 1. The Balaban J connectivity index is 2.33. The minimum absolute atomic E-state index is 0.0521. The van der Waals surface area contributed by atoms with Crippen LogP contribution in [0.1, 0.15) is 10.5 Å². The number of nitrogens with zero attached hydrogens (tertiary/aromatic N) is 1. The Labute approximate surface area is 121 Å². The van der Waals surface area contributed by atoms with Gasteiger partial charge in [-0.2, -0.15) is 0 Å². The Morgan fingerprint density at radius 2 is 2.11 bits per heavy atom. The molecule has 0 aliphatic carbocycles. The topological polar surface area (TPSA) is 62.2 Å². The molecule has 0 saturated carbocycles. The van der Waals surface area contributed by atoms with Gasteiger partial charge in [-0.1, -0.05) is 11.6 Å². The van der Waals surface area contributed by atoms with Gasteiger partial charge in [0.05, 0.1) is 10.7 Å².